The second kappa shape index (κ2) is 2.98. The molecule has 58 valence electrons. The first-order valence-electron chi connectivity index (χ1n) is 2.57. The average molecular weight is 166 g/mol. The molecule has 0 fully saturated rings. The Morgan fingerprint density at radius 1 is 1.80 bits per heavy atom. The predicted molar refractivity (Wildman–Crippen MR) is 37.2 cm³/mol. The summed E-state index contributed by atoms with van der Waals surface area (Å²) in [5.41, 5.74) is -1.32. The zero-order valence-corrected chi connectivity index (χ0v) is 6.42. The third-order valence-electron chi connectivity index (χ3n) is 0.803. The van der Waals surface area contributed by atoms with Gasteiger partial charge in [-0.05, 0) is 13.8 Å². The van der Waals surface area contributed by atoms with Gasteiger partial charge in [0.15, 0.2) is 0 Å². The van der Waals surface area contributed by atoms with Gasteiger partial charge >= 0.3 is 0 Å². The first-order valence-corrected chi connectivity index (χ1v) is 2.95. The summed E-state index contributed by atoms with van der Waals surface area (Å²) in [7, 11) is 0. The van der Waals surface area contributed by atoms with Crippen LogP contribution in [0, 0.1) is 10.1 Å². The van der Waals surface area contributed by atoms with E-state index in [1.54, 1.807) is 0 Å². The van der Waals surface area contributed by atoms with Crippen LogP contribution in [-0.4, -0.2) is 15.6 Å². The number of nitrogens with zero attached hydrogens (tertiary/aromatic N) is 1. The van der Waals surface area contributed by atoms with Gasteiger partial charge in [0.2, 0.25) is 0 Å². The Labute approximate surface area is 63.3 Å². The van der Waals surface area contributed by atoms with Crippen LogP contribution < -0.4 is 0 Å². The third-order valence-corrected chi connectivity index (χ3v) is 1.36. The van der Waals surface area contributed by atoms with Crippen molar-refractivity contribution in [3.63, 3.8) is 0 Å². The van der Waals surface area contributed by atoms with E-state index >= 15 is 0 Å². The van der Waals surface area contributed by atoms with E-state index in [-0.39, 0.29) is 5.03 Å². The summed E-state index contributed by atoms with van der Waals surface area (Å²) in [5, 5.41) is 18.6. The quantitative estimate of drug-likeness (QED) is 0.493. The molecule has 0 aromatic carbocycles. The van der Waals surface area contributed by atoms with Crippen LogP contribution in [0.15, 0.2) is 11.2 Å². The van der Waals surface area contributed by atoms with Crippen LogP contribution in [0.1, 0.15) is 13.8 Å². The molecular weight excluding hydrogens is 158 g/mol. The number of hydrogen-bond acceptors (Lipinski definition) is 3. The Morgan fingerprint density at radius 2 is 2.20 bits per heavy atom. The number of rotatable bonds is 2. The molecule has 0 spiro atoms. The minimum Gasteiger partial charge on any atom is -0.385 e. The second-order valence-corrected chi connectivity index (χ2v) is 2.73. The van der Waals surface area contributed by atoms with Gasteiger partial charge in [-0.15, -0.1) is 0 Å². The molecule has 4 nitrogen and oxygen atoms in total. The zero-order chi connectivity index (χ0) is 8.36. The number of halogens is 1. The molecule has 0 radical (unpaired) electrons. The molecule has 0 atom stereocenters. The lowest BCUT2D eigenvalue weighted by atomic mass is 10.1. The van der Waals surface area contributed by atoms with Crippen LogP contribution in [-0.2, 0) is 0 Å². The van der Waals surface area contributed by atoms with E-state index in [0.29, 0.717) is 6.20 Å². The second-order valence-electron chi connectivity index (χ2n) is 2.32. The molecule has 5 heteroatoms. The summed E-state index contributed by atoms with van der Waals surface area (Å²) >= 11 is 5.32. The van der Waals surface area contributed by atoms with E-state index in [1.807, 2.05) is 0 Å². The SMILES string of the molecule is CC(C)(O)/C(Cl)=C\[N+](=O)[O-]. The largest absolute Gasteiger partial charge is 0.385 e. The highest BCUT2D eigenvalue weighted by molar-refractivity contribution is 6.30. The van der Waals surface area contributed by atoms with E-state index in [9.17, 15) is 10.1 Å². The van der Waals surface area contributed by atoms with E-state index in [0.717, 1.165) is 0 Å². The molecule has 0 saturated heterocycles. The molecule has 0 aromatic heterocycles. The van der Waals surface area contributed by atoms with Gasteiger partial charge in [-0.3, -0.25) is 10.1 Å². The summed E-state index contributed by atoms with van der Waals surface area (Å²) in [6, 6.07) is 0. The molecule has 0 rings (SSSR count). The van der Waals surface area contributed by atoms with Crippen LogP contribution in [0.2, 0.25) is 0 Å². The maximum absolute atomic E-state index is 9.79. The fraction of sp³-hybridized carbons (Fsp3) is 0.600. The van der Waals surface area contributed by atoms with E-state index in [2.05, 4.69) is 0 Å². The van der Waals surface area contributed by atoms with E-state index in [4.69, 9.17) is 16.7 Å². The van der Waals surface area contributed by atoms with Crippen molar-refractivity contribution in [3.8, 4) is 0 Å². The standard InChI is InChI=1S/C5H8ClNO3/c1-5(2,8)4(6)3-7(9)10/h3,8H,1-2H3/b4-3+. The molecule has 0 heterocycles. The highest BCUT2D eigenvalue weighted by atomic mass is 35.5. The Bertz CT molecular complexity index is 170. The molecule has 10 heavy (non-hydrogen) atoms. The minimum absolute atomic E-state index is 0.183. The fourth-order valence-corrected chi connectivity index (χ4v) is 0.330. The monoisotopic (exact) mass is 165 g/mol. The van der Waals surface area contributed by atoms with Gasteiger partial charge in [-0.2, -0.15) is 0 Å². The number of nitro groups is 1. The molecule has 0 amide bonds. The first-order chi connectivity index (χ1) is 4.34. The lowest BCUT2D eigenvalue weighted by molar-refractivity contribution is -0.403. The lowest BCUT2D eigenvalue weighted by Gasteiger charge is -2.12. The molecule has 0 aromatic rings. The van der Waals surface area contributed by atoms with Gasteiger partial charge in [0.1, 0.15) is 10.6 Å². The van der Waals surface area contributed by atoms with Gasteiger partial charge in [-0.1, -0.05) is 11.6 Å². The van der Waals surface area contributed by atoms with E-state index < -0.39 is 10.5 Å². The normalized spacial score (nSPS) is 13.4. The summed E-state index contributed by atoms with van der Waals surface area (Å²) < 4.78 is 0. The van der Waals surface area contributed by atoms with Crippen molar-refractivity contribution in [2.45, 2.75) is 19.4 Å². The Morgan fingerprint density at radius 3 is 2.30 bits per heavy atom. The Hall–Kier alpha value is -0.610. The number of hydrogen-bond donors (Lipinski definition) is 1. The predicted octanol–water partition coefficient (Wildman–Crippen LogP) is 1.11. The molecule has 0 aliphatic carbocycles. The molecule has 0 aliphatic rings. The summed E-state index contributed by atoms with van der Waals surface area (Å²) in [6.07, 6.45) is 0.571. The van der Waals surface area contributed by atoms with Crippen LogP contribution >= 0.6 is 11.6 Å². The summed E-state index contributed by atoms with van der Waals surface area (Å²) in [4.78, 5) is 9.08. The van der Waals surface area contributed by atoms with Gasteiger partial charge in [0.05, 0.1) is 4.92 Å². The van der Waals surface area contributed by atoms with Crippen molar-refractivity contribution in [2.75, 3.05) is 0 Å². The zero-order valence-electron chi connectivity index (χ0n) is 5.67. The van der Waals surface area contributed by atoms with Crippen molar-refractivity contribution < 1.29 is 10.0 Å². The summed E-state index contributed by atoms with van der Waals surface area (Å²) in [6.45, 7) is 2.74. The minimum atomic E-state index is -1.32. The van der Waals surface area contributed by atoms with E-state index in [1.165, 1.54) is 13.8 Å². The van der Waals surface area contributed by atoms with Gasteiger partial charge < -0.3 is 5.11 Å². The van der Waals surface area contributed by atoms with Crippen molar-refractivity contribution in [1.29, 1.82) is 0 Å². The summed E-state index contributed by atoms with van der Waals surface area (Å²) in [5.74, 6) is 0. The van der Waals surface area contributed by atoms with Gasteiger partial charge in [0.25, 0.3) is 6.20 Å². The van der Waals surface area contributed by atoms with Crippen molar-refractivity contribution in [1.82, 2.24) is 0 Å². The van der Waals surface area contributed by atoms with Crippen LogP contribution in [0.25, 0.3) is 0 Å². The van der Waals surface area contributed by atoms with Gasteiger partial charge in [0, 0.05) is 0 Å². The maximum Gasteiger partial charge on any atom is 0.251 e. The van der Waals surface area contributed by atoms with Crippen molar-refractivity contribution in [3.05, 3.63) is 21.3 Å². The fourth-order valence-electron chi connectivity index (χ4n) is 0.251. The third kappa shape index (κ3) is 3.42. The average Bonchev–Trinajstić information content (AvgIpc) is 1.60. The van der Waals surface area contributed by atoms with Gasteiger partial charge in [-0.25, -0.2) is 0 Å². The lowest BCUT2D eigenvalue weighted by Crippen LogP contribution is -2.19. The molecule has 1 N–H and O–H groups in total. The van der Waals surface area contributed by atoms with Crippen LogP contribution in [0.5, 0.6) is 0 Å². The molecular formula is C5H8ClNO3. The van der Waals surface area contributed by atoms with Crippen molar-refractivity contribution in [2.24, 2.45) is 0 Å². The smallest absolute Gasteiger partial charge is 0.251 e. The highest BCUT2D eigenvalue weighted by Crippen LogP contribution is 2.18. The highest BCUT2D eigenvalue weighted by Gasteiger charge is 2.20. The Kier molecular flexibility index (Phi) is 2.80. The topological polar surface area (TPSA) is 63.4 Å². The molecule has 0 saturated carbocycles. The van der Waals surface area contributed by atoms with Crippen LogP contribution in [0.3, 0.4) is 0 Å². The Balaban J connectivity index is 4.35. The maximum atomic E-state index is 9.79. The molecule has 0 aliphatic heterocycles. The molecule has 0 unspecified atom stereocenters. The number of aliphatic hydroxyl groups is 1. The molecule has 0 bridgehead atoms. The first kappa shape index (κ1) is 9.39. The van der Waals surface area contributed by atoms with Crippen molar-refractivity contribution >= 4 is 11.6 Å². The van der Waals surface area contributed by atoms with Crippen LogP contribution in [0.4, 0.5) is 0 Å².